The van der Waals surface area contributed by atoms with E-state index in [2.05, 4.69) is 5.32 Å². The van der Waals surface area contributed by atoms with E-state index in [9.17, 15) is 19.7 Å². The van der Waals surface area contributed by atoms with Crippen LogP contribution >= 0.6 is 0 Å². The molecule has 9 heteroatoms. The van der Waals surface area contributed by atoms with Crippen LogP contribution < -0.4 is 20.5 Å². The van der Waals surface area contributed by atoms with Crippen LogP contribution in [0.2, 0.25) is 0 Å². The summed E-state index contributed by atoms with van der Waals surface area (Å²) in [4.78, 5) is 41.0. The van der Waals surface area contributed by atoms with Gasteiger partial charge in [-0.3, -0.25) is 19.7 Å². The highest BCUT2D eigenvalue weighted by atomic mass is 16.7. The van der Waals surface area contributed by atoms with Crippen molar-refractivity contribution in [1.29, 1.82) is 0 Å². The zero-order valence-electron chi connectivity index (χ0n) is 15.4. The van der Waals surface area contributed by atoms with Gasteiger partial charge in [-0.25, -0.2) is 0 Å². The van der Waals surface area contributed by atoms with Crippen LogP contribution in [0, 0.1) is 10.1 Å². The molecule has 0 aliphatic heterocycles. The number of amides is 1. The number of rotatable bonds is 7. The summed E-state index contributed by atoms with van der Waals surface area (Å²) in [7, 11) is 1.31. The molecule has 3 aromatic rings. The van der Waals surface area contributed by atoms with Gasteiger partial charge in [0.1, 0.15) is 12.2 Å². The summed E-state index contributed by atoms with van der Waals surface area (Å²) in [5.41, 5.74) is -0.104. The number of nitrogens with zero attached hydrogens (tertiary/aromatic N) is 2. The fourth-order valence-electron chi connectivity index (χ4n) is 2.58. The highest BCUT2D eigenvalue weighted by Gasteiger charge is 2.18. The van der Waals surface area contributed by atoms with Crippen LogP contribution in [0.15, 0.2) is 71.7 Å². The Kier molecular flexibility index (Phi) is 5.88. The van der Waals surface area contributed by atoms with E-state index in [-0.39, 0.29) is 29.3 Å². The summed E-state index contributed by atoms with van der Waals surface area (Å²) in [5.74, 6) is -0.656. The largest absolute Gasteiger partial charge is 0.490 e. The maximum atomic E-state index is 12.5. The molecule has 1 amide bonds. The quantitative estimate of drug-likeness (QED) is 0.486. The molecule has 0 radical (unpaired) electrons. The first-order valence-corrected chi connectivity index (χ1v) is 8.52. The first kappa shape index (κ1) is 19.6. The van der Waals surface area contributed by atoms with Crippen LogP contribution in [0.3, 0.4) is 0 Å². The van der Waals surface area contributed by atoms with Gasteiger partial charge in [-0.1, -0.05) is 30.3 Å². The van der Waals surface area contributed by atoms with Crippen molar-refractivity contribution in [2.45, 2.75) is 6.61 Å². The summed E-state index contributed by atoms with van der Waals surface area (Å²) in [5, 5.41) is 13.6. The van der Waals surface area contributed by atoms with Crippen molar-refractivity contribution >= 4 is 17.3 Å². The summed E-state index contributed by atoms with van der Waals surface area (Å²) < 4.78 is 5.90. The predicted molar refractivity (Wildman–Crippen MR) is 105 cm³/mol. The molecule has 0 spiro atoms. The molecule has 0 saturated carbocycles. The molecule has 0 atom stereocenters. The molecule has 0 saturated heterocycles. The van der Waals surface area contributed by atoms with E-state index < -0.39 is 16.4 Å². The molecular weight excluding hydrogens is 378 g/mol. The van der Waals surface area contributed by atoms with Crippen LogP contribution in [0.5, 0.6) is 5.75 Å². The molecule has 1 aromatic heterocycles. The molecule has 0 unspecified atom stereocenters. The predicted octanol–water partition coefficient (Wildman–Crippen LogP) is 2.65. The Morgan fingerprint density at radius 3 is 2.59 bits per heavy atom. The number of nitro benzene ring substituents is 1. The van der Waals surface area contributed by atoms with Gasteiger partial charge in [-0.05, 0) is 29.8 Å². The fraction of sp³-hybridized carbons (Fsp3) is 0.100. The van der Waals surface area contributed by atoms with Crippen molar-refractivity contribution in [2.24, 2.45) is 0 Å². The number of pyridine rings is 1. The van der Waals surface area contributed by atoms with Crippen LogP contribution in [-0.4, -0.2) is 22.7 Å². The molecule has 3 rings (SSSR count). The van der Waals surface area contributed by atoms with E-state index in [1.54, 1.807) is 0 Å². The molecule has 9 nitrogen and oxygen atoms in total. The van der Waals surface area contributed by atoms with Gasteiger partial charge in [0.2, 0.25) is 0 Å². The average Bonchev–Trinajstić information content (AvgIpc) is 2.73. The van der Waals surface area contributed by atoms with E-state index in [0.29, 0.717) is 0 Å². The van der Waals surface area contributed by atoms with Gasteiger partial charge in [0.25, 0.3) is 11.5 Å². The second-order valence-electron chi connectivity index (χ2n) is 5.91. The van der Waals surface area contributed by atoms with Crippen LogP contribution in [0.25, 0.3) is 0 Å². The van der Waals surface area contributed by atoms with Gasteiger partial charge in [0, 0.05) is 18.0 Å². The molecule has 0 aliphatic rings. The Labute approximate surface area is 165 Å². The zero-order valence-corrected chi connectivity index (χ0v) is 15.4. The lowest BCUT2D eigenvalue weighted by molar-refractivity contribution is -0.385. The number of anilines is 1. The van der Waals surface area contributed by atoms with Crippen molar-refractivity contribution in [3.63, 3.8) is 0 Å². The number of carbonyl (C=O) groups is 1. The van der Waals surface area contributed by atoms with Gasteiger partial charge in [-0.2, -0.15) is 4.73 Å². The topological polar surface area (TPSA) is 113 Å². The number of aromatic nitrogens is 1. The molecule has 0 aliphatic carbocycles. The number of carbonyl (C=O) groups excluding carboxylic acids is 1. The van der Waals surface area contributed by atoms with Crippen LogP contribution in [-0.2, 0) is 6.61 Å². The Balaban J connectivity index is 1.79. The number of methoxy groups -OCH3 is 1. The van der Waals surface area contributed by atoms with Crippen molar-refractivity contribution < 1.29 is 19.3 Å². The zero-order chi connectivity index (χ0) is 20.8. The first-order valence-electron chi connectivity index (χ1n) is 8.52. The normalized spacial score (nSPS) is 10.2. The van der Waals surface area contributed by atoms with E-state index in [1.807, 2.05) is 30.3 Å². The summed E-state index contributed by atoms with van der Waals surface area (Å²) in [6, 6.07) is 16.1. The third-order valence-electron chi connectivity index (χ3n) is 4.01. The molecule has 148 valence electrons. The minimum absolute atomic E-state index is 0.0596. The fourth-order valence-corrected chi connectivity index (χ4v) is 2.58. The Hall–Kier alpha value is -4.14. The lowest BCUT2D eigenvalue weighted by atomic mass is 10.2. The summed E-state index contributed by atoms with van der Waals surface area (Å²) in [6.07, 6.45) is 1.40. The number of nitro groups is 1. The number of hydrogen-bond donors (Lipinski definition) is 1. The monoisotopic (exact) mass is 395 g/mol. The van der Waals surface area contributed by atoms with Crippen molar-refractivity contribution in [2.75, 3.05) is 12.4 Å². The summed E-state index contributed by atoms with van der Waals surface area (Å²) in [6.45, 7) is 0.149. The second-order valence-corrected chi connectivity index (χ2v) is 5.91. The highest BCUT2D eigenvalue weighted by molar-refractivity contribution is 6.04. The maximum absolute atomic E-state index is 12.5. The third kappa shape index (κ3) is 4.59. The SMILES string of the molecule is COc1ccc(NC(=O)c2cccn(OCc3ccccc3)c2=O)cc1[N+](=O)[O-]. The number of hydrogen-bond acceptors (Lipinski definition) is 6. The van der Waals surface area contributed by atoms with Crippen LogP contribution in [0.1, 0.15) is 15.9 Å². The molecule has 29 heavy (non-hydrogen) atoms. The molecule has 1 N–H and O–H groups in total. The van der Waals surface area contributed by atoms with E-state index in [0.717, 1.165) is 16.4 Å². The van der Waals surface area contributed by atoms with Gasteiger partial charge < -0.3 is 14.9 Å². The van der Waals surface area contributed by atoms with E-state index in [4.69, 9.17) is 9.57 Å². The molecule has 0 fully saturated rings. The number of benzene rings is 2. The smallest absolute Gasteiger partial charge is 0.312 e. The van der Waals surface area contributed by atoms with Crippen LogP contribution in [0.4, 0.5) is 11.4 Å². The molecule has 1 heterocycles. The number of nitrogens with one attached hydrogen (secondary N) is 1. The lowest BCUT2D eigenvalue weighted by Crippen LogP contribution is -2.32. The lowest BCUT2D eigenvalue weighted by Gasteiger charge is -2.10. The molecule has 2 aromatic carbocycles. The summed E-state index contributed by atoms with van der Waals surface area (Å²) >= 11 is 0. The van der Waals surface area contributed by atoms with Gasteiger partial charge in [0.15, 0.2) is 5.75 Å². The molecule has 0 bridgehead atoms. The van der Waals surface area contributed by atoms with Crippen molar-refractivity contribution in [3.8, 4) is 5.75 Å². The van der Waals surface area contributed by atoms with E-state index in [1.165, 1.54) is 37.6 Å². The average molecular weight is 395 g/mol. The Morgan fingerprint density at radius 1 is 1.14 bits per heavy atom. The minimum atomic E-state index is -0.716. The number of ether oxygens (including phenoxy) is 1. The van der Waals surface area contributed by atoms with Gasteiger partial charge >= 0.3 is 5.69 Å². The minimum Gasteiger partial charge on any atom is -0.490 e. The van der Waals surface area contributed by atoms with Gasteiger partial charge in [0.05, 0.1) is 12.0 Å². The van der Waals surface area contributed by atoms with Crippen molar-refractivity contribution in [3.05, 3.63) is 98.5 Å². The highest BCUT2D eigenvalue weighted by Crippen LogP contribution is 2.29. The Morgan fingerprint density at radius 2 is 1.90 bits per heavy atom. The van der Waals surface area contributed by atoms with Crippen molar-refractivity contribution in [1.82, 2.24) is 4.73 Å². The van der Waals surface area contributed by atoms with E-state index >= 15 is 0 Å². The second kappa shape index (κ2) is 8.70. The Bertz CT molecular complexity index is 1090. The maximum Gasteiger partial charge on any atom is 0.312 e. The molecular formula is C20H17N3O6. The standard InChI is InChI=1S/C20H17N3O6/c1-28-18-10-9-15(12-17(18)23(26)27)21-19(24)16-8-5-11-22(20(16)25)29-13-14-6-3-2-4-7-14/h2-12H,13H2,1H3,(H,21,24). The third-order valence-corrected chi connectivity index (χ3v) is 4.01. The van der Waals surface area contributed by atoms with Gasteiger partial charge in [-0.15, -0.1) is 0 Å². The first-order chi connectivity index (χ1) is 14.0.